The van der Waals surface area contributed by atoms with E-state index in [2.05, 4.69) is 22.1 Å². The quantitative estimate of drug-likeness (QED) is 0.275. The number of nitrogens with zero attached hydrogens (tertiary/aromatic N) is 2. The van der Waals surface area contributed by atoms with Gasteiger partial charge >= 0.3 is 5.97 Å². The Hall–Kier alpha value is -3.09. The van der Waals surface area contributed by atoms with E-state index in [1.807, 2.05) is 19.1 Å². The molecule has 1 aliphatic heterocycles. The molecule has 1 amide bonds. The average molecular weight is 451 g/mol. The molecular weight excluding hydrogens is 416 g/mol. The lowest BCUT2D eigenvalue weighted by molar-refractivity contribution is -0.110. The van der Waals surface area contributed by atoms with Gasteiger partial charge in [0.05, 0.1) is 29.1 Å². The largest absolute Gasteiger partial charge is 0.462 e. The number of ether oxygens (including phenoxy) is 1. The van der Waals surface area contributed by atoms with Crippen LogP contribution in [0.1, 0.15) is 86.2 Å². The zero-order valence-electron chi connectivity index (χ0n) is 19.9. The van der Waals surface area contributed by atoms with Crippen molar-refractivity contribution in [3.63, 3.8) is 0 Å². The van der Waals surface area contributed by atoms with E-state index in [1.165, 1.54) is 38.5 Å². The van der Waals surface area contributed by atoms with Crippen LogP contribution in [-0.4, -0.2) is 41.0 Å². The number of hydrogen-bond acceptors (Lipinski definition) is 5. The highest BCUT2D eigenvalue weighted by molar-refractivity contribution is 6.34. The first-order valence-electron chi connectivity index (χ1n) is 12.2. The molecule has 2 aliphatic rings. The zero-order chi connectivity index (χ0) is 23.4. The van der Waals surface area contributed by atoms with Crippen molar-refractivity contribution in [3.8, 4) is 0 Å². The Morgan fingerprint density at radius 1 is 1.21 bits per heavy atom. The number of aryl methyl sites for hydroxylation is 1. The minimum atomic E-state index is -0.406. The van der Waals surface area contributed by atoms with E-state index in [4.69, 9.17) is 9.72 Å². The SMILES string of the molecule is CCCCCCCN(c1ccc2c(n1)/C(=C/c1[nH]c(C)cc1C(=O)OCC)C(=O)N2)C1CC1. The predicted octanol–water partition coefficient (Wildman–Crippen LogP) is 5.33. The van der Waals surface area contributed by atoms with E-state index in [1.54, 1.807) is 19.1 Å². The number of rotatable bonds is 11. The lowest BCUT2D eigenvalue weighted by Crippen LogP contribution is -2.27. The molecule has 1 aliphatic carbocycles. The Morgan fingerprint density at radius 3 is 2.73 bits per heavy atom. The van der Waals surface area contributed by atoms with Crippen molar-refractivity contribution in [2.24, 2.45) is 0 Å². The summed E-state index contributed by atoms with van der Waals surface area (Å²) in [6, 6.07) is 6.24. The number of hydrogen-bond donors (Lipinski definition) is 2. The van der Waals surface area contributed by atoms with Gasteiger partial charge in [-0.05, 0) is 57.4 Å². The number of aromatic amines is 1. The fourth-order valence-electron chi connectivity index (χ4n) is 4.35. The normalized spacial score (nSPS) is 16.1. The summed E-state index contributed by atoms with van der Waals surface area (Å²) in [5.74, 6) is 0.300. The molecule has 0 saturated heterocycles. The van der Waals surface area contributed by atoms with Crippen LogP contribution in [0.5, 0.6) is 0 Å². The minimum absolute atomic E-state index is 0.214. The minimum Gasteiger partial charge on any atom is -0.462 e. The summed E-state index contributed by atoms with van der Waals surface area (Å²) in [7, 11) is 0. The van der Waals surface area contributed by atoms with Gasteiger partial charge in [-0.15, -0.1) is 0 Å². The van der Waals surface area contributed by atoms with Gasteiger partial charge in [0.15, 0.2) is 0 Å². The number of esters is 1. The predicted molar refractivity (Wildman–Crippen MR) is 131 cm³/mol. The third kappa shape index (κ3) is 5.29. The Kier molecular flexibility index (Phi) is 7.16. The van der Waals surface area contributed by atoms with Gasteiger partial charge in [0.2, 0.25) is 0 Å². The van der Waals surface area contributed by atoms with E-state index in [0.717, 1.165) is 24.5 Å². The van der Waals surface area contributed by atoms with Crippen molar-refractivity contribution in [2.75, 3.05) is 23.4 Å². The summed E-state index contributed by atoms with van der Waals surface area (Å²) < 4.78 is 5.18. The standard InChI is InChI=1S/C26H34N4O3/c1-4-6-7-8-9-14-30(18-10-11-18)23-13-12-21-24(29-23)20(25(31)28-21)16-22-19(15-17(3)27-22)26(32)33-5-2/h12-13,15-16,18,27H,4-11,14H2,1-3H3,(H,28,31)/b20-16-. The first-order chi connectivity index (χ1) is 16.0. The molecule has 4 rings (SSSR count). The molecule has 7 heteroatoms. The van der Waals surface area contributed by atoms with Gasteiger partial charge in [0, 0.05) is 18.3 Å². The Bertz CT molecular complexity index is 1050. The van der Waals surface area contributed by atoms with Crippen molar-refractivity contribution < 1.29 is 14.3 Å². The Labute approximate surface area is 195 Å². The maximum atomic E-state index is 12.8. The molecule has 0 unspecified atom stereocenters. The van der Waals surface area contributed by atoms with Crippen LogP contribution in [0.15, 0.2) is 18.2 Å². The molecule has 0 spiro atoms. The van der Waals surface area contributed by atoms with Gasteiger partial charge in [0.25, 0.3) is 5.91 Å². The van der Waals surface area contributed by atoms with Crippen molar-refractivity contribution in [1.29, 1.82) is 0 Å². The van der Waals surface area contributed by atoms with Gasteiger partial charge in [-0.3, -0.25) is 4.79 Å². The average Bonchev–Trinajstić information content (AvgIpc) is 3.49. The van der Waals surface area contributed by atoms with Crippen LogP contribution in [0, 0.1) is 6.92 Å². The number of carbonyl (C=O) groups excluding carboxylic acids is 2. The summed E-state index contributed by atoms with van der Waals surface area (Å²) in [4.78, 5) is 35.7. The number of nitrogens with one attached hydrogen (secondary N) is 2. The van der Waals surface area contributed by atoms with Gasteiger partial charge < -0.3 is 19.9 Å². The zero-order valence-corrected chi connectivity index (χ0v) is 19.9. The maximum absolute atomic E-state index is 12.8. The smallest absolute Gasteiger partial charge is 0.340 e. The molecule has 1 fully saturated rings. The monoisotopic (exact) mass is 450 g/mol. The van der Waals surface area contributed by atoms with Gasteiger partial charge in [-0.2, -0.15) is 0 Å². The number of unbranched alkanes of at least 4 members (excludes halogenated alkanes) is 4. The molecule has 176 valence electrons. The van der Waals surface area contributed by atoms with E-state index in [0.29, 0.717) is 40.9 Å². The second-order valence-corrected chi connectivity index (χ2v) is 8.92. The fourth-order valence-corrected chi connectivity index (χ4v) is 4.35. The van der Waals surface area contributed by atoms with Crippen LogP contribution in [0.2, 0.25) is 0 Å². The molecule has 2 aromatic heterocycles. The fraction of sp³-hybridized carbons (Fsp3) is 0.500. The van der Waals surface area contributed by atoms with Gasteiger partial charge in [-0.25, -0.2) is 9.78 Å². The number of anilines is 2. The van der Waals surface area contributed by atoms with E-state index in [9.17, 15) is 9.59 Å². The second kappa shape index (κ2) is 10.2. The number of fused-ring (bicyclic) bond motifs is 1. The van der Waals surface area contributed by atoms with Crippen LogP contribution in [-0.2, 0) is 9.53 Å². The number of H-pyrrole nitrogens is 1. The number of pyridine rings is 1. The van der Waals surface area contributed by atoms with Crippen LogP contribution in [0.25, 0.3) is 11.6 Å². The summed E-state index contributed by atoms with van der Waals surface area (Å²) in [5.41, 5.74) is 3.61. The highest BCUT2D eigenvalue weighted by Crippen LogP contribution is 2.37. The highest BCUT2D eigenvalue weighted by Gasteiger charge is 2.32. The Balaban J connectivity index is 1.60. The van der Waals surface area contributed by atoms with Crippen molar-refractivity contribution in [1.82, 2.24) is 9.97 Å². The number of carbonyl (C=O) groups is 2. The molecule has 7 nitrogen and oxygen atoms in total. The molecule has 0 radical (unpaired) electrons. The van der Waals surface area contributed by atoms with Crippen LogP contribution in [0.3, 0.4) is 0 Å². The van der Waals surface area contributed by atoms with E-state index < -0.39 is 5.97 Å². The van der Waals surface area contributed by atoms with Crippen LogP contribution >= 0.6 is 0 Å². The molecule has 2 aromatic rings. The lowest BCUT2D eigenvalue weighted by atomic mass is 10.1. The second-order valence-electron chi connectivity index (χ2n) is 8.92. The maximum Gasteiger partial charge on any atom is 0.340 e. The van der Waals surface area contributed by atoms with Crippen molar-refractivity contribution >= 4 is 35.0 Å². The summed E-state index contributed by atoms with van der Waals surface area (Å²) >= 11 is 0. The summed E-state index contributed by atoms with van der Waals surface area (Å²) in [6.07, 6.45) is 10.3. The molecule has 3 heterocycles. The molecule has 0 atom stereocenters. The Morgan fingerprint density at radius 2 is 2.00 bits per heavy atom. The molecule has 1 saturated carbocycles. The first-order valence-corrected chi connectivity index (χ1v) is 12.2. The number of aromatic nitrogens is 2. The van der Waals surface area contributed by atoms with Crippen molar-refractivity contribution in [2.45, 2.75) is 71.8 Å². The third-order valence-corrected chi connectivity index (χ3v) is 6.18. The van der Waals surface area contributed by atoms with Gasteiger partial charge in [0.1, 0.15) is 11.5 Å². The summed E-state index contributed by atoms with van der Waals surface area (Å²) in [6.45, 7) is 7.16. The first kappa shape index (κ1) is 23.1. The molecule has 0 bridgehead atoms. The molecule has 0 aromatic carbocycles. The van der Waals surface area contributed by atoms with Crippen LogP contribution in [0.4, 0.5) is 11.5 Å². The molecule has 2 N–H and O–H groups in total. The lowest BCUT2D eigenvalue weighted by Gasteiger charge is -2.24. The van der Waals surface area contributed by atoms with E-state index in [-0.39, 0.29) is 5.91 Å². The number of amides is 1. The van der Waals surface area contributed by atoms with Gasteiger partial charge in [-0.1, -0.05) is 32.6 Å². The molecule has 33 heavy (non-hydrogen) atoms. The highest BCUT2D eigenvalue weighted by atomic mass is 16.5. The topological polar surface area (TPSA) is 87.3 Å². The van der Waals surface area contributed by atoms with E-state index >= 15 is 0 Å². The van der Waals surface area contributed by atoms with Crippen molar-refractivity contribution in [3.05, 3.63) is 40.8 Å². The summed E-state index contributed by atoms with van der Waals surface area (Å²) in [5, 5.41) is 2.91. The molecular formula is C26H34N4O3. The van der Waals surface area contributed by atoms with Crippen LogP contribution < -0.4 is 10.2 Å². The third-order valence-electron chi connectivity index (χ3n) is 6.18.